The molecule has 0 N–H and O–H groups in total. The molecule has 0 aromatic rings. The molecule has 0 spiro atoms. The molecule has 17 heavy (non-hydrogen) atoms. The maximum Gasteiger partial charge on any atom is 0.679 e. The van der Waals surface area contributed by atoms with Crippen LogP contribution in [0.15, 0.2) is 0 Å². The lowest BCUT2D eigenvalue weighted by molar-refractivity contribution is -0.0294. The quantitative estimate of drug-likeness (QED) is 0.290. The van der Waals surface area contributed by atoms with Crippen molar-refractivity contribution in [3.05, 3.63) is 0 Å². The van der Waals surface area contributed by atoms with Gasteiger partial charge in [-0.2, -0.15) is 0 Å². The third-order valence-corrected chi connectivity index (χ3v) is 5.28. The Morgan fingerprint density at radius 3 is 1.47 bits per heavy atom. The standard InChI is InChI=1S/C10H22Br2O4Si/c1-3-13-17(14-4-2,15-9-5-7-11)16-10-6-8-12/h3-10H2,1-2H3. The smallest absolute Gasteiger partial charge is 0.351 e. The van der Waals surface area contributed by atoms with Crippen LogP contribution < -0.4 is 0 Å². The van der Waals surface area contributed by atoms with Crippen LogP contribution in [0.1, 0.15) is 26.7 Å². The van der Waals surface area contributed by atoms with Gasteiger partial charge >= 0.3 is 9.05 Å². The number of rotatable bonds is 12. The summed E-state index contributed by atoms with van der Waals surface area (Å²) in [5.41, 5.74) is 0. The molecule has 0 radical (unpaired) electrons. The van der Waals surface area contributed by atoms with Gasteiger partial charge in [-0.1, -0.05) is 31.9 Å². The summed E-state index contributed by atoms with van der Waals surface area (Å²) in [4.78, 5) is 0. The van der Waals surface area contributed by atoms with Crippen molar-refractivity contribution in [2.45, 2.75) is 26.7 Å². The fourth-order valence-electron chi connectivity index (χ4n) is 1.11. The van der Waals surface area contributed by atoms with E-state index in [0.29, 0.717) is 26.4 Å². The van der Waals surface area contributed by atoms with Crippen LogP contribution in [-0.4, -0.2) is 46.1 Å². The van der Waals surface area contributed by atoms with Crippen molar-refractivity contribution >= 4 is 40.9 Å². The molecule has 0 aliphatic heterocycles. The summed E-state index contributed by atoms with van der Waals surface area (Å²) in [7, 11) is -2.91. The first kappa shape index (κ1) is 18.0. The summed E-state index contributed by atoms with van der Waals surface area (Å²) >= 11 is 6.73. The maximum absolute atomic E-state index is 5.72. The minimum Gasteiger partial charge on any atom is -0.351 e. The topological polar surface area (TPSA) is 36.9 Å². The molecular formula is C10H22Br2O4Si. The van der Waals surface area contributed by atoms with Gasteiger partial charge < -0.3 is 17.7 Å². The molecule has 4 nitrogen and oxygen atoms in total. The van der Waals surface area contributed by atoms with Gasteiger partial charge in [-0.25, -0.2) is 0 Å². The van der Waals surface area contributed by atoms with Gasteiger partial charge in [0.1, 0.15) is 0 Å². The molecule has 0 fully saturated rings. The van der Waals surface area contributed by atoms with E-state index in [4.69, 9.17) is 17.7 Å². The first-order valence-electron chi connectivity index (χ1n) is 5.92. The highest BCUT2D eigenvalue weighted by atomic mass is 79.9. The monoisotopic (exact) mass is 392 g/mol. The van der Waals surface area contributed by atoms with Crippen LogP contribution in [0.5, 0.6) is 0 Å². The lowest BCUT2D eigenvalue weighted by Gasteiger charge is -2.27. The Labute approximate surface area is 122 Å². The van der Waals surface area contributed by atoms with Crippen molar-refractivity contribution in [1.29, 1.82) is 0 Å². The second-order valence-electron chi connectivity index (χ2n) is 3.15. The third-order valence-electron chi connectivity index (χ3n) is 1.76. The van der Waals surface area contributed by atoms with E-state index in [1.54, 1.807) is 0 Å². The van der Waals surface area contributed by atoms with Crippen LogP contribution in [0, 0.1) is 0 Å². The van der Waals surface area contributed by atoms with Gasteiger partial charge in [-0.05, 0) is 26.7 Å². The molecule has 0 saturated heterocycles. The van der Waals surface area contributed by atoms with Crippen LogP contribution in [-0.2, 0) is 17.7 Å². The van der Waals surface area contributed by atoms with Gasteiger partial charge in [-0.3, -0.25) is 0 Å². The molecule has 0 aliphatic carbocycles. The number of hydrogen-bond acceptors (Lipinski definition) is 4. The van der Waals surface area contributed by atoms with Crippen molar-refractivity contribution < 1.29 is 17.7 Å². The lowest BCUT2D eigenvalue weighted by Crippen LogP contribution is -2.49. The molecule has 104 valence electrons. The van der Waals surface area contributed by atoms with Crippen LogP contribution in [0.3, 0.4) is 0 Å². The summed E-state index contributed by atoms with van der Waals surface area (Å²) < 4.78 is 22.7. The molecule has 0 aromatic heterocycles. The van der Waals surface area contributed by atoms with Crippen LogP contribution in [0.4, 0.5) is 0 Å². The highest BCUT2D eigenvalue weighted by Gasteiger charge is 2.44. The van der Waals surface area contributed by atoms with Gasteiger partial charge in [0.2, 0.25) is 0 Å². The fraction of sp³-hybridized carbons (Fsp3) is 1.00. The van der Waals surface area contributed by atoms with Gasteiger partial charge in [0.25, 0.3) is 0 Å². The normalized spacial score (nSPS) is 12.0. The van der Waals surface area contributed by atoms with E-state index in [1.807, 2.05) is 13.8 Å². The van der Waals surface area contributed by atoms with E-state index >= 15 is 0 Å². The van der Waals surface area contributed by atoms with Crippen molar-refractivity contribution in [2.24, 2.45) is 0 Å². The van der Waals surface area contributed by atoms with Crippen molar-refractivity contribution in [3.8, 4) is 0 Å². The summed E-state index contributed by atoms with van der Waals surface area (Å²) in [6.07, 6.45) is 1.83. The Kier molecular flexibility index (Phi) is 12.8. The Morgan fingerprint density at radius 2 is 1.18 bits per heavy atom. The Bertz CT molecular complexity index is 156. The molecule has 0 aromatic carbocycles. The zero-order valence-electron chi connectivity index (χ0n) is 10.5. The molecule has 7 heteroatoms. The second-order valence-corrected chi connectivity index (χ2v) is 6.89. The van der Waals surface area contributed by atoms with Gasteiger partial charge in [0, 0.05) is 37.1 Å². The molecule has 0 heterocycles. The minimum atomic E-state index is -2.91. The van der Waals surface area contributed by atoms with Crippen LogP contribution >= 0.6 is 31.9 Å². The number of alkyl halides is 2. The summed E-state index contributed by atoms with van der Waals surface area (Å²) in [5.74, 6) is 0. The van der Waals surface area contributed by atoms with Gasteiger partial charge in [0.15, 0.2) is 0 Å². The second kappa shape index (κ2) is 12.1. The Morgan fingerprint density at radius 1 is 0.765 bits per heavy atom. The van der Waals surface area contributed by atoms with E-state index in [-0.39, 0.29) is 0 Å². The van der Waals surface area contributed by atoms with E-state index in [2.05, 4.69) is 31.9 Å². The molecule has 0 rings (SSSR count). The lowest BCUT2D eigenvalue weighted by atomic mass is 10.5. The molecular weight excluding hydrogens is 372 g/mol. The predicted octanol–water partition coefficient (Wildman–Crippen LogP) is 3.10. The van der Waals surface area contributed by atoms with Gasteiger partial charge in [-0.15, -0.1) is 0 Å². The van der Waals surface area contributed by atoms with Crippen molar-refractivity contribution in [2.75, 3.05) is 37.1 Å². The average molecular weight is 394 g/mol. The van der Waals surface area contributed by atoms with Crippen molar-refractivity contribution in [3.63, 3.8) is 0 Å². The highest BCUT2D eigenvalue weighted by molar-refractivity contribution is 9.09. The largest absolute Gasteiger partial charge is 0.679 e. The first-order valence-corrected chi connectivity index (χ1v) is 9.80. The van der Waals surface area contributed by atoms with Crippen LogP contribution in [0.25, 0.3) is 0 Å². The number of halogens is 2. The third kappa shape index (κ3) is 8.69. The predicted molar refractivity (Wildman–Crippen MR) is 77.7 cm³/mol. The molecule has 0 unspecified atom stereocenters. The summed E-state index contributed by atoms with van der Waals surface area (Å²) in [6, 6.07) is 0. The molecule has 0 amide bonds. The molecule has 0 aliphatic rings. The minimum absolute atomic E-state index is 0.537. The fourth-order valence-corrected chi connectivity index (χ4v) is 3.56. The van der Waals surface area contributed by atoms with Crippen molar-refractivity contribution in [1.82, 2.24) is 0 Å². The van der Waals surface area contributed by atoms with E-state index in [9.17, 15) is 0 Å². The molecule has 0 atom stereocenters. The Hall–Kier alpha value is 1.02. The average Bonchev–Trinajstić information content (AvgIpc) is 2.30. The maximum atomic E-state index is 5.72. The van der Waals surface area contributed by atoms with E-state index < -0.39 is 9.05 Å². The van der Waals surface area contributed by atoms with E-state index in [1.165, 1.54) is 0 Å². The first-order chi connectivity index (χ1) is 8.24. The SMILES string of the molecule is CCO[Si](OCC)(OCCCBr)OCCCBr. The molecule has 0 bridgehead atoms. The summed E-state index contributed by atoms with van der Waals surface area (Å²) in [6.45, 7) is 6.09. The zero-order valence-corrected chi connectivity index (χ0v) is 14.7. The summed E-state index contributed by atoms with van der Waals surface area (Å²) in [5, 5.41) is 1.80. The Balaban J connectivity index is 4.25. The number of hydrogen-bond donors (Lipinski definition) is 0. The molecule has 0 saturated carbocycles. The highest BCUT2D eigenvalue weighted by Crippen LogP contribution is 2.13. The van der Waals surface area contributed by atoms with E-state index in [0.717, 1.165) is 23.5 Å². The zero-order chi connectivity index (χ0) is 13.0. The van der Waals surface area contributed by atoms with Gasteiger partial charge in [0.05, 0.1) is 0 Å². The van der Waals surface area contributed by atoms with Crippen LogP contribution in [0.2, 0.25) is 0 Å².